The molecule has 0 radical (unpaired) electrons. The third kappa shape index (κ3) is 5.83. The van der Waals surface area contributed by atoms with Gasteiger partial charge >= 0.3 is 12.0 Å². The van der Waals surface area contributed by atoms with E-state index in [4.69, 9.17) is 4.74 Å². The number of hydrogen-bond acceptors (Lipinski definition) is 6. The van der Waals surface area contributed by atoms with Crippen LogP contribution in [0.4, 0.5) is 4.79 Å². The van der Waals surface area contributed by atoms with Gasteiger partial charge in [-0.2, -0.15) is 0 Å². The van der Waals surface area contributed by atoms with E-state index in [1.165, 1.54) is 0 Å². The summed E-state index contributed by atoms with van der Waals surface area (Å²) in [6.45, 7) is 6.86. The van der Waals surface area contributed by atoms with Gasteiger partial charge in [0.1, 0.15) is 0 Å². The summed E-state index contributed by atoms with van der Waals surface area (Å²) in [5.74, 6) is 0.0605. The largest absolute Gasteiger partial charge is 0.454 e. The third-order valence-electron chi connectivity index (χ3n) is 3.44. The summed E-state index contributed by atoms with van der Waals surface area (Å²) >= 11 is 0. The number of nitrogens with zero attached hydrogens (tertiary/aromatic N) is 4. The molecule has 2 amide bonds. The van der Waals surface area contributed by atoms with Gasteiger partial charge in [0.25, 0.3) is 0 Å². The maximum atomic E-state index is 12.1. The minimum absolute atomic E-state index is 0.0184. The first-order valence-electron chi connectivity index (χ1n) is 8.55. The summed E-state index contributed by atoms with van der Waals surface area (Å²) in [5.41, 5.74) is 1.31. The molecule has 9 heteroatoms. The molecule has 1 aromatic heterocycles. The molecule has 0 saturated heterocycles. The fourth-order valence-electron chi connectivity index (χ4n) is 2.18. The lowest BCUT2D eigenvalue weighted by Crippen LogP contribution is -2.39. The number of hydrogen-bond donors (Lipinski definition) is 2. The summed E-state index contributed by atoms with van der Waals surface area (Å²) in [7, 11) is 0. The fraction of sp³-hybridized carbons (Fsp3) is 0.471. The third-order valence-corrected chi connectivity index (χ3v) is 3.44. The Kier molecular flexibility index (Phi) is 7.07. The molecule has 9 nitrogen and oxygen atoms in total. The number of urea groups is 1. The number of carbonyl (C=O) groups excluding carboxylic acids is 2. The fourth-order valence-corrected chi connectivity index (χ4v) is 2.18. The number of benzene rings is 1. The number of amides is 2. The Morgan fingerprint density at radius 3 is 2.62 bits per heavy atom. The minimum Gasteiger partial charge on any atom is -0.454 e. The normalized spacial score (nSPS) is 10.6. The molecule has 0 fully saturated rings. The molecule has 0 bridgehead atoms. The second-order valence-electron chi connectivity index (χ2n) is 6.07. The quantitative estimate of drug-likeness (QED) is 0.693. The van der Waals surface area contributed by atoms with Crippen LogP contribution in [0.3, 0.4) is 0 Å². The molecule has 0 aliphatic rings. The Morgan fingerprint density at radius 2 is 1.96 bits per heavy atom. The van der Waals surface area contributed by atoms with Crippen LogP contribution >= 0.6 is 0 Å². The summed E-state index contributed by atoms with van der Waals surface area (Å²) in [6.07, 6.45) is 0.886. The SMILES string of the molecule is CCCn1nnnc1COC(=O)c1ccc(CNC(=O)NC(C)C)cc1. The highest BCUT2D eigenvalue weighted by Gasteiger charge is 2.11. The number of aryl methyl sites for hydroxylation is 1. The van der Waals surface area contributed by atoms with Crippen molar-refractivity contribution in [3.05, 3.63) is 41.2 Å². The van der Waals surface area contributed by atoms with Crippen LogP contribution in [0.2, 0.25) is 0 Å². The summed E-state index contributed by atoms with van der Waals surface area (Å²) < 4.78 is 6.87. The Hall–Kier alpha value is -2.97. The zero-order chi connectivity index (χ0) is 18.9. The monoisotopic (exact) mass is 360 g/mol. The van der Waals surface area contributed by atoms with E-state index in [0.29, 0.717) is 24.5 Å². The smallest absolute Gasteiger partial charge is 0.338 e. The van der Waals surface area contributed by atoms with Gasteiger partial charge in [-0.15, -0.1) is 5.10 Å². The molecule has 0 atom stereocenters. The summed E-state index contributed by atoms with van der Waals surface area (Å²) in [4.78, 5) is 23.7. The van der Waals surface area contributed by atoms with Gasteiger partial charge in [0.2, 0.25) is 0 Å². The first-order valence-corrected chi connectivity index (χ1v) is 8.55. The predicted molar refractivity (Wildman–Crippen MR) is 94.2 cm³/mol. The van der Waals surface area contributed by atoms with Gasteiger partial charge in [-0.1, -0.05) is 19.1 Å². The number of aromatic nitrogens is 4. The molecule has 0 saturated carbocycles. The van der Waals surface area contributed by atoms with Crippen LogP contribution in [0, 0.1) is 0 Å². The van der Waals surface area contributed by atoms with Gasteiger partial charge in [0, 0.05) is 19.1 Å². The topological polar surface area (TPSA) is 111 Å². The van der Waals surface area contributed by atoms with E-state index in [-0.39, 0.29) is 18.7 Å². The second kappa shape index (κ2) is 9.50. The second-order valence-corrected chi connectivity index (χ2v) is 6.07. The van der Waals surface area contributed by atoms with Crippen LogP contribution in [0.15, 0.2) is 24.3 Å². The van der Waals surface area contributed by atoms with E-state index in [2.05, 4.69) is 26.2 Å². The molecule has 2 N–H and O–H groups in total. The summed E-state index contributed by atoms with van der Waals surface area (Å²) in [5, 5.41) is 16.8. The van der Waals surface area contributed by atoms with Crippen LogP contribution in [0.5, 0.6) is 0 Å². The molecule has 1 heterocycles. The van der Waals surface area contributed by atoms with Crippen molar-refractivity contribution in [3.8, 4) is 0 Å². The van der Waals surface area contributed by atoms with Crippen LogP contribution < -0.4 is 10.6 Å². The molecule has 0 spiro atoms. The molecule has 0 aliphatic carbocycles. The van der Waals surface area contributed by atoms with Gasteiger partial charge in [-0.25, -0.2) is 14.3 Å². The van der Waals surface area contributed by atoms with Gasteiger partial charge in [-0.3, -0.25) is 0 Å². The zero-order valence-electron chi connectivity index (χ0n) is 15.2. The van der Waals surface area contributed by atoms with Gasteiger partial charge in [-0.05, 0) is 48.4 Å². The van der Waals surface area contributed by atoms with Crippen LogP contribution in [0.25, 0.3) is 0 Å². The molecule has 0 unspecified atom stereocenters. The molecular formula is C17H24N6O3. The van der Waals surface area contributed by atoms with E-state index < -0.39 is 5.97 Å². The van der Waals surface area contributed by atoms with Crippen molar-refractivity contribution in [3.63, 3.8) is 0 Å². The summed E-state index contributed by atoms with van der Waals surface area (Å²) in [6, 6.07) is 6.71. The Morgan fingerprint density at radius 1 is 1.23 bits per heavy atom. The predicted octanol–water partition coefficient (Wildman–Crippen LogP) is 1.65. The molecule has 0 aliphatic heterocycles. The number of ether oxygens (including phenoxy) is 1. The van der Waals surface area contributed by atoms with Crippen molar-refractivity contribution in [1.82, 2.24) is 30.8 Å². The van der Waals surface area contributed by atoms with Crippen LogP contribution in [0.1, 0.15) is 48.9 Å². The van der Waals surface area contributed by atoms with Crippen LogP contribution in [-0.2, 0) is 24.4 Å². The molecular weight excluding hydrogens is 336 g/mol. The van der Waals surface area contributed by atoms with E-state index in [1.54, 1.807) is 28.9 Å². The molecule has 1 aromatic carbocycles. The standard InChI is InChI=1S/C17H24N6O3/c1-4-9-23-15(20-21-22-23)11-26-16(24)14-7-5-13(6-8-14)10-18-17(25)19-12(2)3/h5-8,12H,4,9-11H2,1-3H3,(H2,18,19,25). The molecule has 26 heavy (non-hydrogen) atoms. The van der Waals surface area contributed by atoms with Crippen molar-refractivity contribution in [1.29, 1.82) is 0 Å². The average molecular weight is 360 g/mol. The minimum atomic E-state index is -0.451. The Balaban J connectivity index is 1.84. The number of carbonyl (C=O) groups is 2. The van der Waals surface area contributed by atoms with Crippen molar-refractivity contribution in [2.45, 2.75) is 52.9 Å². The van der Waals surface area contributed by atoms with E-state index in [9.17, 15) is 9.59 Å². The van der Waals surface area contributed by atoms with Crippen LogP contribution in [-0.4, -0.2) is 38.2 Å². The Bertz CT molecular complexity index is 726. The van der Waals surface area contributed by atoms with Gasteiger partial charge in [0.05, 0.1) is 5.56 Å². The lowest BCUT2D eigenvalue weighted by atomic mass is 10.1. The maximum absolute atomic E-state index is 12.1. The number of rotatable bonds is 8. The van der Waals surface area contributed by atoms with E-state index in [1.807, 2.05) is 20.8 Å². The molecule has 2 aromatic rings. The molecule has 140 valence electrons. The van der Waals surface area contributed by atoms with E-state index in [0.717, 1.165) is 12.0 Å². The first kappa shape index (κ1) is 19.4. The first-order chi connectivity index (χ1) is 12.5. The van der Waals surface area contributed by atoms with Crippen molar-refractivity contribution < 1.29 is 14.3 Å². The maximum Gasteiger partial charge on any atom is 0.338 e. The lowest BCUT2D eigenvalue weighted by molar-refractivity contribution is 0.0456. The number of tetrazole rings is 1. The van der Waals surface area contributed by atoms with Gasteiger partial charge < -0.3 is 15.4 Å². The van der Waals surface area contributed by atoms with Crippen molar-refractivity contribution >= 4 is 12.0 Å². The highest BCUT2D eigenvalue weighted by atomic mass is 16.5. The van der Waals surface area contributed by atoms with Crippen molar-refractivity contribution in [2.24, 2.45) is 0 Å². The Labute approximate surface area is 152 Å². The average Bonchev–Trinajstić information content (AvgIpc) is 3.05. The highest BCUT2D eigenvalue weighted by molar-refractivity contribution is 5.89. The number of nitrogens with one attached hydrogen (secondary N) is 2. The highest BCUT2D eigenvalue weighted by Crippen LogP contribution is 2.08. The van der Waals surface area contributed by atoms with Crippen molar-refractivity contribution in [2.75, 3.05) is 0 Å². The van der Waals surface area contributed by atoms with E-state index >= 15 is 0 Å². The lowest BCUT2D eigenvalue weighted by Gasteiger charge is -2.10. The zero-order valence-corrected chi connectivity index (χ0v) is 15.2. The van der Waals surface area contributed by atoms with Gasteiger partial charge in [0.15, 0.2) is 12.4 Å². The number of esters is 1. The molecule has 2 rings (SSSR count).